The van der Waals surface area contributed by atoms with Crippen molar-refractivity contribution in [3.63, 3.8) is 0 Å². The normalized spacial score (nSPS) is 18.2. The number of hydrogen-bond acceptors (Lipinski definition) is 4. The molecule has 0 unspecified atom stereocenters. The molecule has 0 aromatic heterocycles. The number of piperazine rings is 1. The number of aliphatic hydroxyl groups is 1. The second-order valence-electron chi connectivity index (χ2n) is 5.99. The zero-order valence-corrected chi connectivity index (χ0v) is 13.6. The second-order valence-corrected chi connectivity index (χ2v) is 5.99. The maximum atomic E-state index is 12.7. The Morgan fingerprint density at radius 3 is 2.33 bits per heavy atom. The lowest BCUT2D eigenvalue weighted by Gasteiger charge is -2.37. The van der Waals surface area contributed by atoms with Crippen LogP contribution >= 0.6 is 0 Å². The lowest BCUT2D eigenvalue weighted by molar-refractivity contribution is -0.254. The Balaban J connectivity index is 1.96. The highest BCUT2D eigenvalue weighted by molar-refractivity contribution is 5.77. The van der Waals surface area contributed by atoms with E-state index in [1.165, 1.54) is 4.90 Å². The lowest BCUT2D eigenvalue weighted by atomic mass is 10.0. The summed E-state index contributed by atoms with van der Waals surface area (Å²) in [4.78, 5) is 15.4. The van der Waals surface area contributed by atoms with Crippen LogP contribution in [0.25, 0.3) is 0 Å². The molecular weight excluding hydrogens is 325 g/mol. The number of alkyl halides is 3. The van der Waals surface area contributed by atoms with Gasteiger partial charge in [0.15, 0.2) is 5.60 Å². The average Bonchev–Trinajstić information content (AvgIpc) is 2.53. The average molecular weight is 346 g/mol. The van der Waals surface area contributed by atoms with Crippen LogP contribution in [0.5, 0.6) is 5.75 Å². The third-order valence-corrected chi connectivity index (χ3v) is 4.16. The summed E-state index contributed by atoms with van der Waals surface area (Å²) in [6.45, 7) is 2.19. The molecule has 1 aromatic carbocycles. The summed E-state index contributed by atoms with van der Waals surface area (Å²) in [6, 6.07) is 7.44. The molecule has 0 bridgehead atoms. The van der Waals surface area contributed by atoms with Crippen LogP contribution in [0.1, 0.15) is 13.3 Å². The minimum atomic E-state index is -4.83. The fraction of sp³-hybridized carbons (Fsp3) is 0.562. The van der Waals surface area contributed by atoms with Crippen LogP contribution in [-0.2, 0) is 4.79 Å². The number of carbonyl (C=O) groups is 1. The van der Waals surface area contributed by atoms with Crippen molar-refractivity contribution in [2.24, 2.45) is 0 Å². The second kappa shape index (κ2) is 6.88. The highest BCUT2D eigenvalue weighted by atomic mass is 19.4. The topological polar surface area (TPSA) is 53.0 Å². The molecule has 134 valence electrons. The number of amides is 1. The molecule has 1 atom stereocenters. The van der Waals surface area contributed by atoms with Crippen molar-refractivity contribution in [1.29, 1.82) is 0 Å². The summed E-state index contributed by atoms with van der Waals surface area (Å²) in [5, 5.41) is 9.45. The number of hydrogen-bond donors (Lipinski definition) is 1. The van der Waals surface area contributed by atoms with Gasteiger partial charge in [-0.05, 0) is 19.1 Å². The molecule has 0 radical (unpaired) electrons. The molecule has 1 aliphatic heterocycles. The molecule has 1 saturated heterocycles. The number of halogens is 3. The first-order valence-electron chi connectivity index (χ1n) is 7.60. The first-order valence-corrected chi connectivity index (χ1v) is 7.60. The number of ether oxygens (including phenoxy) is 1. The van der Waals surface area contributed by atoms with E-state index in [0.717, 1.165) is 5.69 Å². The van der Waals surface area contributed by atoms with E-state index in [0.29, 0.717) is 38.9 Å². The quantitative estimate of drug-likeness (QED) is 0.907. The molecule has 1 fully saturated rings. The molecule has 8 heteroatoms. The van der Waals surface area contributed by atoms with Gasteiger partial charge in [-0.25, -0.2) is 0 Å². The number of carbonyl (C=O) groups excluding carboxylic acids is 1. The monoisotopic (exact) mass is 346 g/mol. The van der Waals surface area contributed by atoms with Crippen molar-refractivity contribution in [2.75, 3.05) is 38.2 Å². The molecule has 1 aromatic rings. The standard InChI is InChI=1S/C16H21F3N2O3/c1-15(23,16(17,18)19)11-14(22)21-9-7-20(8-10-21)12-5-3-4-6-13(12)24-2/h3-6,23H,7-11H2,1-2H3/t15-/m1/s1. The van der Waals surface area contributed by atoms with Crippen molar-refractivity contribution in [2.45, 2.75) is 25.1 Å². The minimum absolute atomic E-state index is 0.296. The zero-order chi connectivity index (χ0) is 18.0. The first-order chi connectivity index (χ1) is 11.2. The van der Waals surface area contributed by atoms with Gasteiger partial charge in [0, 0.05) is 26.2 Å². The Bertz CT molecular complexity index is 582. The van der Waals surface area contributed by atoms with Crippen LogP contribution in [-0.4, -0.2) is 61.0 Å². The summed E-state index contributed by atoms with van der Waals surface area (Å²) >= 11 is 0. The Labute approximate surface area is 138 Å². The Morgan fingerprint density at radius 2 is 1.79 bits per heavy atom. The smallest absolute Gasteiger partial charge is 0.417 e. The summed E-state index contributed by atoms with van der Waals surface area (Å²) in [6.07, 6.45) is -5.80. The Kier molecular flexibility index (Phi) is 5.27. The summed E-state index contributed by atoms with van der Waals surface area (Å²) in [7, 11) is 1.57. The van der Waals surface area contributed by atoms with Crippen LogP contribution < -0.4 is 9.64 Å². The molecule has 0 saturated carbocycles. The molecule has 0 spiro atoms. The molecule has 2 rings (SSSR count). The van der Waals surface area contributed by atoms with Crippen LogP contribution in [0.4, 0.5) is 18.9 Å². The molecular formula is C16H21F3N2O3. The molecule has 0 aliphatic carbocycles. The third kappa shape index (κ3) is 3.92. The van der Waals surface area contributed by atoms with E-state index in [1.807, 2.05) is 29.2 Å². The molecule has 5 nitrogen and oxygen atoms in total. The van der Waals surface area contributed by atoms with E-state index in [1.54, 1.807) is 7.11 Å². The Morgan fingerprint density at radius 1 is 1.21 bits per heavy atom. The van der Waals surface area contributed by atoms with Crippen LogP contribution in [0.3, 0.4) is 0 Å². The van der Waals surface area contributed by atoms with Crippen LogP contribution in [0.15, 0.2) is 24.3 Å². The summed E-state index contributed by atoms with van der Waals surface area (Å²) < 4.78 is 43.4. The molecule has 24 heavy (non-hydrogen) atoms. The number of para-hydroxylation sites is 2. The number of methoxy groups -OCH3 is 1. The number of anilines is 1. The maximum absolute atomic E-state index is 12.7. The van der Waals surface area contributed by atoms with Crippen molar-refractivity contribution >= 4 is 11.6 Å². The van der Waals surface area contributed by atoms with Gasteiger partial charge in [0.05, 0.1) is 19.2 Å². The van der Waals surface area contributed by atoms with Gasteiger partial charge in [0.1, 0.15) is 5.75 Å². The fourth-order valence-corrected chi connectivity index (χ4v) is 2.59. The predicted molar refractivity (Wildman–Crippen MR) is 83.1 cm³/mol. The van der Waals surface area contributed by atoms with E-state index in [4.69, 9.17) is 4.74 Å². The van der Waals surface area contributed by atoms with Crippen molar-refractivity contribution in [3.8, 4) is 5.75 Å². The highest BCUT2D eigenvalue weighted by Gasteiger charge is 2.51. The van der Waals surface area contributed by atoms with Crippen LogP contribution in [0, 0.1) is 0 Å². The summed E-state index contributed by atoms with van der Waals surface area (Å²) in [5.74, 6) is 0.00860. The zero-order valence-electron chi connectivity index (χ0n) is 13.6. The van der Waals surface area contributed by atoms with Crippen LogP contribution in [0.2, 0.25) is 0 Å². The van der Waals surface area contributed by atoms with E-state index < -0.39 is 24.1 Å². The largest absolute Gasteiger partial charge is 0.495 e. The van der Waals surface area contributed by atoms with E-state index in [2.05, 4.69) is 0 Å². The van der Waals surface area contributed by atoms with Gasteiger partial charge in [-0.2, -0.15) is 13.2 Å². The minimum Gasteiger partial charge on any atom is -0.495 e. The summed E-state index contributed by atoms with van der Waals surface area (Å²) in [5.41, 5.74) is -2.13. The van der Waals surface area contributed by atoms with E-state index in [-0.39, 0.29) is 0 Å². The van der Waals surface area contributed by atoms with Crippen molar-refractivity contribution in [3.05, 3.63) is 24.3 Å². The predicted octanol–water partition coefficient (Wildman–Crippen LogP) is 2.05. The SMILES string of the molecule is COc1ccccc1N1CCN(C(=O)C[C@@](C)(O)C(F)(F)F)CC1. The van der Waals surface area contributed by atoms with Gasteiger partial charge in [-0.15, -0.1) is 0 Å². The van der Waals surface area contributed by atoms with E-state index in [9.17, 15) is 23.1 Å². The Hall–Kier alpha value is -1.96. The van der Waals surface area contributed by atoms with Gasteiger partial charge in [-0.3, -0.25) is 4.79 Å². The molecule has 1 amide bonds. The van der Waals surface area contributed by atoms with Gasteiger partial charge >= 0.3 is 6.18 Å². The molecule has 1 aliphatic rings. The number of benzene rings is 1. The number of rotatable bonds is 4. The number of nitrogens with zero attached hydrogens (tertiary/aromatic N) is 2. The highest BCUT2D eigenvalue weighted by Crippen LogP contribution is 2.33. The molecule has 1 heterocycles. The van der Waals surface area contributed by atoms with E-state index >= 15 is 0 Å². The third-order valence-electron chi connectivity index (χ3n) is 4.16. The fourth-order valence-electron chi connectivity index (χ4n) is 2.59. The van der Waals surface area contributed by atoms with Gasteiger partial charge < -0.3 is 19.6 Å². The first kappa shape index (κ1) is 18.4. The van der Waals surface area contributed by atoms with Gasteiger partial charge in [-0.1, -0.05) is 12.1 Å². The van der Waals surface area contributed by atoms with Crippen molar-refractivity contribution in [1.82, 2.24) is 4.90 Å². The van der Waals surface area contributed by atoms with Gasteiger partial charge in [0.25, 0.3) is 0 Å². The maximum Gasteiger partial charge on any atom is 0.417 e. The van der Waals surface area contributed by atoms with Crippen molar-refractivity contribution < 1.29 is 27.8 Å². The molecule has 1 N–H and O–H groups in total. The van der Waals surface area contributed by atoms with Gasteiger partial charge in [0.2, 0.25) is 5.91 Å². The lowest BCUT2D eigenvalue weighted by Crippen LogP contribution is -2.52.